The molecule has 7 heteroatoms. The first kappa shape index (κ1) is 21.3. The van der Waals surface area contributed by atoms with Gasteiger partial charge in [0, 0.05) is 41.4 Å². The van der Waals surface area contributed by atoms with Crippen LogP contribution in [0, 0.1) is 34.5 Å². The van der Waals surface area contributed by atoms with Crippen molar-refractivity contribution in [3.05, 3.63) is 0 Å². The minimum atomic E-state index is -4.37. The van der Waals surface area contributed by atoms with Crippen molar-refractivity contribution >= 4 is 45.7 Å². The Morgan fingerprint density at radius 1 is 1.04 bits per heavy atom. The molecule has 4 fully saturated rings. The van der Waals surface area contributed by atoms with E-state index in [1.807, 2.05) is 0 Å². The van der Waals surface area contributed by atoms with Gasteiger partial charge in [-0.15, -0.1) is 0 Å². The van der Waals surface area contributed by atoms with Crippen LogP contribution in [0.5, 0.6) is 0 Å². The van der Waals surface area contributed by atoms with Crippen LogP contribution in [0.25, 0.3) is 0 Å². The van der Waals surface area contributed by atoms with Crippen molar-refractivity contribution < 1.29 is 21.9 Å². The summed E-state index contributed by atoms with van der Waals surface area (Å²) < 4.78 is 36.0. The molecule has 5 nitrogen and oxygen atoms in total. The molecule has 0 unspecified atom stereocenters. The van der Waals surface area contributed by atoms with E-state index >= 15 is 0 Å². The van der Waals surface area contributed by atoms with E-state index in [1.54, 1.807) is 0 Å². The number of ketones is 1. The molecule has 7 atom stereocenters. The van der Waals surface area contributed by atoms with Gasteiger partial charge in [-0.05, 0) is 80.5 Å². The monoisotopic (exact) mass is 393 g/mol. The summed E-state index contributed by atoms with van der Waals surface area (Å²) >= 11 is 0. The van der Waals surface area contributed by atoms with E-state index in [2.05, 4.69) is 13.8 Å². The van der Waals surface area contributed by atoms with Crippen molar-refractivity contribution in [3.63, 3.8) is 0 Å². The van der Waals surface area contributed by atoms with Gasteiger partial charge in [0.05, 0.1) is 6.10 Å². The molecule has 143 valence electrons. The summed E-state index contributed by atoms with van der Waals surface area (Å²) in [6.45, 7) is 4.59. The molecule has 0 aliphatic heterocycles. The number of rotatable bonds is 2. The minimum absolute atomic E-state index is 0. The van der Waals surface area contributed by atoms with Crippen LogP contribution in [0.1, 0.15) is 71.6 Å². The van der Waals surface area contributed by atoms with Crippen molar-refractivity contribution in [1.29, 1.82) is 0 Å². The van der Waals surface area contributed by atoms with Gasteiger partial charge in [-0.1, -0.05) is 13.8 Å². The predicted molar refractivity (Wildman–Crippen MR) is 98.9 cm³/mol. The van der Waals surface area contributed by atoms with E-state index < -0.39 is 10.4 Å². The standard InChI is InChI=1S/C19H30O5S.Na/c1-18-9-7-13(24-25(21,22)23)11-12(18)3-4-14-15-5-6-17(20)19(15,2)10-8-16(14)18;/h12-16H,3-11H2,1-2H3,(H,21,22,23);/t12-,13-,14-,15-,16-,18-,19-;/m0./s1. The maximum absolute atomic E-state index is 12.4. The topological polar surface area (TPSA) is 80.7 Å². The summed E-state index contributed by atoms with van der Waals surface area (Å²) in [5.41, 5.74) is 0.130. The normalized spacial score (nSPS) is 48.1. The molecule has 0 heterocycles. The Morgan fingerprint density at radius 2 is 1.77 bits per heavy atom. The third-order valence-corrected chi connectivity index (χ3v) is 9.10. The largest absolute Gasteiger partial charge is 0.397 e. The Hall–Kier alpha value is 0.540. The summed E-state index contributed by atoms with van der Waals surface area (Å²) in [4.78, 5) is 12.4. The molecule has 1 N–H and O–H groups in total. The number of fused-ring (bicyclic) bond motifs is 5. The fourth-order valence-corrected chi connectivity index (χ4v) is 7.77. The van der Waals surface area contributed by atoms with Gasteiger partial charge in [0.2, 0.25) is 0 Å². The van der Waals surface area contributed by atoms with E-state index in [0.29, 0.717) is 35.9 Å². The van der Waals surface area contributed by atoms with Gasteiger partial charge in [0.15, 0.2) is 0 Å². The summed E-state index contributed by atoms with van der Waals surface area (Å²) in [7, 11) is -4.37. The van der Waals surface area contributed by atoms with Gasteiger partial charge < -0.3 is 0 Å². The third kappa shape index (κ3) is 3.37. The van der Waals surface area contributed by atoms with Crippen LogP contribution in [0.2, 0.25) is 0 Å². The summed E-state index contributed by atoms with van der Waals surface area (Å²) in [6, 6.07) is 0. The smallest absolute Gasteiger partial charge is 0.299 e. The first-order chi connectivity index (χ1) is 11.6. The summed E-state index contributed by atoms with van der Waals surface area (Å²) in [5, 5.41) is 0. The Kier molecular flexibility index (Phi) is 5.80. The molecule has 0 aromatic heterocycles. The van der Waals surface area contributed by atoms with Crippen LogP contribution in [0.15, 0.2) is 0 Å². The zero-order valence-electron chi connectivity index (χ0n) is 16.2. The van der Waals surface area contributed by atoms with Gasteiger partial charge in [0.25, 0.3) is 0 Å². The second-order valence-electron chi connectivity index (χ2n) is 9.50. The average molecular weight is 394 g/mol. The second kappa shape index (κ2) is 7.10. The van der Waals surface area contributed by atoms with Gasteiger partial charge in [-0.3, -0.25) is 9.35 Å². The van der Waals surface area contributed by atoms with Crippen molar-refractivity contribution in [3.8, 4) is 0 Å². The minimum Gasteiger partial charge on any atom is -0.299 e. The maximum Gasteiger partial charge on any atom is 0.397 e. The van der Waals surface area contributed by atoms with Crippen molar-refractivity contribution in [2.75, 3.05) is 0 Å². The molecule has 4 saturated carbocycles. The van der Waals surface area contributed by atoms with Crippen LogP contribution in [0.4, 0.5) is 0 Å². The fourth-order valence-electron chi connectivity index (χ4n) is 7.25. The number of Topliss-reactive ketones (excluding diaryl/α,β-unsaturated/α-hetero) is 1. The number of carbonyl (C=O) groups excluding carboxylic acids is 1. The van der Waals surface area contributed by atoms with Crippen LogP contribution < -0.4 is 0 Å². The molecule has 0 saturated heterocycles. The van der Waals surface area contributed by atoms with Crippen LogP contribution in [-0.2, 0) is 19.4 Å². The second-order valence-corrected chi connectivity index (χ2v) is 10.5. The van der Waals surface area contributed by atoms with E-state index in [-0.39, 0.29) is 46.5 Å². The zero-order chi connectivity index (χ0) is 18.0. The Labute approximate surface area is 179 Å². The van der Waals surface area contributed by atoms with E-state index in [9.17, 15) is 13.2 Å². The van der Waals surface area contributed by atoms with Crippen LogP contribution in [-0.4, -0.2) is 54.4 Å². The van der Waals surface area contributed by atoms with Gasteiger partial charge in [0.1, 0.15) is 5.78 Å². The molecule has 0 aromatic rings. The first-order valence-corrected chi connectivity index (χ1v) is 11.2. The van der Waals surface area contributed by atoms with Gasteiger partial charge >= 0.3 is 10.4 Å². The molecule has 0 bridgehead atoms. The summed E-state index contributed by atoms with van der Waals surface area (Å²) in [6.07, 6.45) is 8.19. The number of carbonyl (C=O) groups is 1. The summed E-state index contributed by atoms with van der Waals surface area (Å²) in [5.74, 6) is 2.76. The maximum atomic E-state index is 12.4. The van der Waals surface area contributed by atoms with E-state index in [1.165, 1.54) is 0 Å². The molecule has 0 spiro atoms. The average Bonchev–Trinajstić information content (AvgIpc) is 2.82. The molecule has 0 amide bonds. The molecule has 4 rings (SSSR count). The molecule has 4 aliphatic carbocycles. The molecule has 4 aliphatic rings. The molecule has 26 heavy (non-hydrogen) atoms. The molecule has 1 radical (unpaired) electrons. The third-order valence-electron chi connectivity index (χ3n) is 8.58. The molecule has 0 aromatic carbocycles. The Morgan fingerprint density at radius 3 is 2.46 bits per heavy atom. The number of hydrogen-bond acceptors (Lipinski definition) is 4. The van der Waals surface area contributed by atoms with Crippen molar-refractivity contribution in [2.45, 2.75) is 77.7 Å². The fraction of sp³-hybridized carbons (Fsp3) is 0.947. The van der Waals surface area contributed by atoms with Crippen LogP contribution >= 0.6 is 0 Å². The Bertz CT molecular complexity index is 679. The molecular formula is C19H30NaO5S. The first-order valence-electron chi connectivity index (χ1n) is 9.82. The van der Waals surface area contributed by atoms with Gasteiger partial charge in [-0.2, -0.15) is 8.42 Å². The Balaban J connectivity index is 0.00000196. The van der Waals surface area contributed by atoms with E-state index in [4.69, 9.17) is 8.74 Å². The van der Waals surface area contributed by atoms with Crippen molar-refractivity contribution in [1.82, 2.24) is 0 Å². The predicted octanol–water partition coefficient (Wildman–Crippen LogP) is 3.41. The zero-order valence-corrected chi connectivity index (χ0v) is 19.1. The SMILES string of the molecule is C[C@]12CC[C@H](OS(=O)(=O)O)C[C@@H]1CC[C@@H]1[C@@H]2CC[C@]2(C)C(=O)CC[C@@H]12.[Na]. The van der Waals surface area contributed by atoms with Crippen molar-refractivity contribution in [2.24, 2.45) is 34.5 Å². The van der Waals surface area contributed by atoms with Crippen LogP contribution in [0.3, 0.4) is 0 Å². The van der Waals surface area contributed by atoms with E-state index in [0.717, 1.165) is 51.4 Å². The quantitative estimate of drug-likeness (QED) is 0.574. The number of hydrogen-bond donors (Lipinski definition) is 1. The molecular weight excluding hydrogens is 363 g/mol. The van der Waals surface area contributed by atoms with Gasteiger partial charge in [-0.25, -0.2) is 4.18 Å².